The molecule has 2 aromatic carbocycles. The molecule has 0 saturated carbocycles. The third-order valence-corrected chi connectivity index (χ3v) is 5.67. The van der Waals surface area contributed by atoms with E-state index in [-0.39, 0.29) is 22.2 Å². The molecule has 0 bridgehead atoms. The van der Waals surface area contributed by atoms with Gasteiger partial charge in [0.1, 0.15) is 16.4 Å². The van der Waals surface area contributed by atoms with Gasteiger partial charge in [-0.15, -0.1) is 0 Å². The highest BCUT2D eigenvalue weighted by Crippen LogP contribution is 2.29. The molecule has 2 aromatic rings. The number of rotatable bonds is 8. The van der Waals surface area contributed by atoms with Crippen LogP contribution in [0.25, 0.3) is 0 Å². The molecule has 146 valence electrons. The lowest BCUT2D eigenvalue weighted by Gasteiger charge is -2.19. The minimum absolute atomic E-state index is 0.0893. The van der Waals surface area contributed by atoms with E-state index in [1.165, 1.54) is 26.3 Å². The summed E-state index contributed by atoms with van der Waals surface area (Å²) < 4.78 is 37.1. The van der Waals surface area contributed by atoms with E-state index in [2.05, 4.69) is 5.32 Å². The van der Waals surface area contributed by atoms with E-state index >= 15 is 0 Å². The van der Waals surface area contributed by atoms with Crippen molar-refractivity contribution >= 4 is 33.2 Å². The molecule has 0 spiro atoms. The number of benzene rings is 2. The monoisotopic (exact) mass is 412 g/mol. The number of carbonyl (C=O) groups excluding carboxylic acids is 1. The van der Waals surface area contributed by atoms with Crippen molar-refractivity contribution in [3.63, 3.8) is 0 Å². The number of methoxy groups -OCH3 is 1. The molecular formula is C18H21ClN2O5S. The Bertz CT molecular complexity index is 918. The van der Waals surface area contributed by atoms with Gasteiger partial charge < -0.3 is 14.8 Å². The highest BCUT2D eigenvalue weighted by Gasteiger charge is 2.27. The van der Waals surface area contributed by atoms with Crippen molar-refractivity contribution in [2.24, 2.45) is 0 Å². The lowest BCUT2D eigenvalue weighted by molar-refractivity contribution is -0.116. The van der Waals surface area contributed by atoms with Crippen LogP contribution in [0, 0.1) is 0 Å². The van der Waals surface area contributed by atoms with Crippen LogP contribution < -0.4 is 14.8 Å². The van der Waals surface area contributed by atoms with Crippen LogP contribution in [0.3, 0.4) is 0 Å². The number of likely N-dealkylation sites (N-methyl/N-ethyl adjacent to an activating group) is 1. The Balaban J connectivity index is 2.17. The molecule has 2 rings (SSSR count). The van der Waals surface area contributed by atoms with Crippen LogP contribution in [-0.4, -0.2) is 45.9 Å². The number of hydrogen-bond donors (Lipinski definition) is 1. The summed E-state index contributed by atoms with van der Waals surface area (Å²) in [5, 5.41) is 2.90. The van der Waals surface area contributed by atoms with Crippen molar-refractivity contribution in [2.75, 3.05) is 32.6 Å². The Kier molecular flexibility index (Phi) is 7.06. The van der Waals surface area contributed by atoms with Crippen molar-refractivity contribution in [1.29, 1.82) is 0 Å². The predicted octanol–water partition coefficient (Wildman–Crippen LogP) is 3.01. The Morgan fingerprint density at radius 1 is 1.22 bits per heavy atom. The second-order valence-corrected chi connectivity index (χ2v) is 8.02. The third kappa shape index (κ3) is 5.35. The lowest BCUT2D eigenvalue weighted by atomic mass is 10.3. The molecule has 0 atom stereocenters. The highest BCUT2D eigenvalue weighted by molar-refractivity contribution is 7.89. The number of carbonyl (C=O) groups is 1. The fourth-order valence-electron chi connectivity index (χ4n) is 2.31. The van der Waals surface area contributed by atoms with E-state index in [9.17, 15) is 13.2 Å². The standard InChI is InChI=1S/C18H21ClN2O5S/c1-4-26-16-9-8-13(19)10-17(16)27(23,24)21(2)12-18(22)20-14-6-5-7-15(11-14)25-3/h5-11H,4,12H2,1-3H3,(H,20,22). The SMILES string of the molecule is CCOc1ccc(Cl)cc1S(=O)(=O)N(C)CC(=O)Nc1cccc(OC)c1. The van der Waals surface area contributed by atoms with Crippen LogP contribution in [0.15, 0.2) is 47.4 Å². The minimum Gasteiger partial charge on any atom is -0.497 e. The first-order valence-electron chi connectivity index (χ1n) is 8.10. The van der Waals surface area contributed by atoms with E-state index in [0.29, 0.717) is 18.0 Å². The number of hydrogen-bond acceptors (Lipinski definition) is 5. The van der Waals surface area contributed by atoms with Gasteiger partial charge in [-0.1, -0.05) is 17.7 Å². The van der Waals surface area contributed by atoms with E-state index in [1.54, 1.807) is 37.3 Å². The van der Waals surface area contributed by atoms with Crippen LogP contribution in [0.4, 0.5) is 5.69 Å². The van der Waals surface area contributed by atoms with Gasteiger partial charge >= 0.3 is 0 Å². The molecule has 0 unspecified atom stereocenters. The summed E-state index contributed by atoms with van der Waals surface area (Å²) in [4.78, 5) is 12.2. The zero-order valence-corrected chi connectivity index (χ0v) is 16.8. The van der Waals surface area contributed by atoms with Crippen molar-refractivity contribution in [2.45, 2.75) is 11.8 Å². The normalized spacial score (nSPS) is 11.3. The molecule has 0 aliphatic carbocycles. The number of sulfonamides is 1. The molecule has 27 heavy (non-hydrogen) atoms. The van der Waals surface area contributed by atoms with Crippen LogP contribution in [0.2, 0.25) is 5.02 Å². The first-order chi connectivity index (χ1) is 12.8. The molecule has 1 N–H and O–H groups in total. The molecule has 7 nitrogen and oxygen atoms in total. The molecule has 9 heteroatoms. The lowest BCUT2D eigenvalue weighted by Crippen LogP contribution is -2.35. The van der Waals surface area contributed by atoms with Crippen LogP contribution in [0.1, 0.15) is 6.92 Å². The van der Waals surface area contributed by atoms with Gasteiger partial charge in [-0.25, -0.2) is 8.42 Å². The number of halogens is 1. The summed E-state index contributed by atoms with van der Waals surface area (Å²) >= 11 is 5.94. The molecule has 0 heterocycles. The van der Waals surface area contributed by atoms with Gasteiger partial charge in [-0.2, -0.15) is 4.31 Å². The van der Waals surface area contributed by atoms with Gasteiger partial charge in [0.2, 0.25) is 15.9 Å². The largest absolute Gasteiger partial charge is 0.497 e. The number of nitrogens with one attached hydrogen (secondary N) is 1. The Morgan fingerprint density at radius 2 is 1.96 bits per heavy atom. The molecule has 0 fully saturated rings. The summed E-state index contributed by atoms with van der Waals surface area (Å²) in [6.45, 7) is 1.66. The molecule has 1 amide bonds. The smallest absolute Gasteiger partial charge is 0.247 e. The summed E-state index contributed by atoms with van der Waals surface area (Å²) in [5.74, 6) is 0.269. The average Bonchev–Trinajstić information content (AvgIpc) is 2.63. The maximum Gasteiger partial charge on any atom is 0.247 e. The van der Waals surface area contributed by atoms with Crippen LogP contribution >= 0.6 is 11.6 Å². The summed E-state index contributed by atoms with van der Waals surface area (Å²) in [7, 11) is -1.14. The van der Waals surface area contributed by atoms with Gasteiger partial charge in [-0.05, 0) is 37.3 Å². The number of ether oxygens (including phenoxy) is 2. The zero-order chi connectivity index (χ0) is 20.0. The first kappa shape index (κ1) is 21.0. The van der Waals surface area contributed by atoms with Crippen molar-refractivity contribution in [3.05, 3.63) is 47.5 Å². The fraction of sp³-hybridized carbons (Fsp3) is 0.278. The summed E-state index contributed by atoms with van der Waals surface area (Å²) in [5.41, 5.74) is 0.503. The zero-order valence-electron chi connectivity index (χ0n) is 15.2. The molecule has 0 saturated heterocycles. The first-order valence-corrected chi connectivity index (χ1v) is 9.92. The van der Waals surface area contributed by atoms with Crippen molar-refractivity contribution in [1.82, 2.24) is 4.31 Å². The number of anilines is 1. The van der Waals surface area contributed by atoms with E-state index in [4.69, 9.17) is 21.1 Å². The molecular weight excluding hydrogens is 392 g/mol. The van der Waals surface area contributed by atoms with Gasteiger partial charge in [0, 0.05) is 23.8 Å². The van der Waals surface area contributed by atoms with E-state index in [0.717, 1.165) is 4.31 Å². The maximum absolute atomic E-state index is 12.9. The van der Waals surface area contributed by atoms with Gasteiger partial charge in [0.15, 0.2) is 0 Å². The Morgan fingerprint density at radius 3 is 2.63 bits per heavy atom. The topological polar surface area (TPSA) is 84.9 Å². The fourth-order valence-corrected chi connectivity index (χ4v) is 3.83. The van der Waals surface area contributed by atoms with Gasteiger partial charge in [0.05, 0.1) is 20.3 Å². The second kappa shape index (κ2) is 9.07. The van der Waals surface area contributed by atoms with Gasteiger partial charge in [0.25, 0.3) is 0 Å². The number of nitrogens with zero attached hydrogens (tertiary/aromatic N) is 1. The van der Waals surface area contributed by atoms with Crippen molar-refractivity contribution in [3.8, 4) is 11.5 Å². The molecule has 0 aliphatic rings. The summed E-state index contributed by atoms with van der Waals surface area (Å²) in [6, 6.07) is 11.1. The Labute approximate surface area is 163 Å². The Hall–Kier alpha value is -2.29. The molecule has 0 aliphatic heterocycles. The number of amides is 1. The van der Waals surface area contributed by atoms with Crippen LogP contribution in [-0.2, 0) is 14.8 Å². The van der Waals surface area contributed by atoms with E-state index < -0.39 is 15.9 Å². The average molecular weight is 413 g/mol. The minimum atomic E-state index is -3.98. The van der Waals surface area contributed by atoms with Crippen molar-refractivity contribution < 1.29 is 22.7 Å². The second-order valence-electron chi connectivity index (χ2n) is 5.57. The predicted molar refractivity (Wildman–Crippen MR) is 104 cm³/mol. The highest BCUT2D eigenvalue weighted by atomic mass is 35.5. The third-order valence-electron chi connectivity index (χ3n) is 3.61. The van der Waals surface area contributed by atoms with Crippen LogP contribution in [0.5, 0.6) is 11.5 Å². The quantitative estimate of drug-likeness (QED) is 0.720. The van der Waals surface area contributed by atoms with E-state index in [1.807, 2.05) is 0 Å². The maximum atomic E-state index is 12.9. The molecule has 0 radical (unpaired) electrons. The summed E-state index contributed by atoms with van der Waals surface area (Å²) in [6.07, 6.45) is 0. The van der Waals surface area contributed by atoms with Gasteiger partial charge in [-0.3, -0.25) is 4.79 Å². The molecule has 0 aromatic heterocycles.